The molecule has 1 heterocycles. The molecule has 0 aliphatic heterocycles. The molecule has 0 unspecified atom stereocenters. The number of rotatable bonds is 6. The molecule has 1 aromatic carbocycles. The Morgan fingerprint density at radius 1 is 1.19 bits per heavy atom. The van der Waals surface area contributed by atoms with Crippen molar-refractivity contribution >= 4 is 0 Å². The summed E-state index contributed by atoms with van der Waals surface area (Å²) in [6, 6.07) is 7.13. The quantitative estimate of drug-likeness (QED) is 0.832. The second kappa shape index (κ2) is 6.90. The molecule has 112 valence electrons. The Hall–Kier alpha value is -2.34. The molecule has 0 aliphatic carbocycles. The van der Waals surface area contributed by atoms with E-state index in [1.165, 1.54) is 6.07 Å². The van der Waals surface area contributed by atoms with Crippen LogP contribution in [0.1, 0.15) is 17.1 Å². The molecule has 0 radical (unpaired) electrons. The first kappa shape index (κ1) is 15.1. The number of hydrogen-bond donors (Lipinski definition) is 2. The summed E-state index contributed by atoms with van der Waals surface area (Å²) in [5.41, 5.74) is 1.56. The van der Waals surface area contributed by atoms with Crippen molar-refractivity contribution in [3.8, 4) is 11.5 Å². The van der Waals surface area contributed by atoms with Gasteiger partial charge in [-0.15, -0.1) is 0 Å². The number of aromatic amines is 1. The smallest absolute Gasteiger partial charge is 0.251 e. The molecule has 0 fully saturated rings. The number of ether oxygens (including phenoxy) is 2. The summed E-state index contributed by atoms with van der Waals surface area (Å²) >= 11 is 0. The Morgan fingerprint density at radius 3 is 2.62 bits per heavy atom. The lowest BCUT2D eigenvalue weighted by molar-refractivity contribution is 0.354. The fraction of sp³-hybridized carbons (Fsp3) is 0.333. The number of nitrogens with one attached hydrogen (secondary N) is 2. The summed E-state index contributed by atoms with van der Waals surface area (Å²) in [6.45, 7) is 0.558. The van der Waals surface area contributed by atoms with Gasteiger partial charge in [-0.05, 0) is 24.7 Å². The fourth-order valence-corrected chi connectivity index (χ4v) is 2.10. The van der Waals surface area contributed by atoms with Crippen LogP contribution in [0.2, 0.25) is 0 Å². The van der Waals surface area contributed by atoms with Gasteiger partial charge in [0.15, 0.2) is 11.5 Å². The van der Waals surface area contributed by atoms with Gasteiger partial charge in [0.25, 0.3) is 5.56 Å². The molecule has 0 spiro atoms. The predicted octanol–water partition coefficient (Wildman–Crippen LogP) is 1.10. The van der Waals surface area contributed by atoms with Gasteiger partial charge in [0.05, 0.1) is 19.9 Å². The van der Waals surface area contributed by atoms with E-state index in [1.54, 1.807) is 14.2 Å². The zero-order valence-corrected chi connectivity index (χ0v) is 12.4. The number of benzene rings is 1. The van der Waals surface area contributed by atoms with E-state index in [0.29, 0.717) is 30.3 Å². The third kappa shape index (κ3) is 3.82. The molecule has 0 atom stereocenters. The first-order valence-electron chi connectivity index (χ1n) is 6.61. The van der Waals surface area contributed by atoms with Gasteiger partial charge in [0.1, 0.15) is 5.82 Å². The Labute approximate surface area is 123 Å². The maximum Gasteiger partial charge on any atom is 0.251 e. The molecule has 0 aliphatic rings. The molecule has 6 nitrogen and oxygen atoms in total. The average Bonchev–Trinajstić information content (AvgIpc) is 2.46. The molecule has 2 aromatic rings. The monoisotopic (exact) mass is 289 g/mol. The van der Waals surface area contributed by atoms with E-state index >= 15 is 0 Å². The van der Waals surface area contributed by atoms with Gasteiger partial charge < -0.3 is 19.8 Å². The van der Waals surface area contributed by atoms with Crippen molar-refractivity contribution in [1.29, 1.82) is 0 Å². The SMILES string of the molecule is CNCc1cc(=O)[nH]c(Cc2ccc(OC)c(OC)c2)n1. The number of aromatic nitrogens is 2. The standard InChI is InChI=1S/C15H19N3O3/c1-16-9-11-8-15(19)18-14(17-11)7-10-4-5-12(20-2)13(6-10)21-3/h4-6,8,16H,7,9H2,1-3H3,(H,17,18,19). The molecule has 0 saturated carbocycles. The molecular formula is C15H19N3O3. The first-order valence-corrected chi connectivity index (χ1v) is 6.61. The molecule has 0 saturated heterocycles. The second-order valence-corrected chi connectivity index (χ2v) is 4.58. The highest BCUT2D eigenvalue weighted by molar-refractivity contribution is 5.43. The minimum atomic E-state index is -0.147. The van der Waals surface area contributed by atoms with Crippen molar-refractivity contribution in [3.63, 3.8) is 0 Å². The van der Waals surface area contributed by atoms with Gasteiger partial charge in [-0.3, -0.25) is 4.79 Å². The average molecular weight is 289 g/mol. The number of nitrogens with zero attached hydrogens (tertiary/aromatic N) is 1. The summed E-state index contributed by atoms with van der Waals surface area (Å²) in [5, 5.41) is 2.98. The Morgan fingerprint density at radius 2 is 1.95 bits per heavy atom. The normalized spacial score (nSPS) is 10.4. The van der Waals surface area contributed by atoms with E-state index in [2.05, 4.69) is 15.3 Å². The van der Waals surface area contributed by atoms with E-state index in [9.17, 15) is 4.79 Å². The van der Waals surface area contributed by atoms with Crippen molar-refractivity contribution in [2.24, 2.45) is 0 Å². The summed E-state index contributed by atoms with van der Waals surface area (Å²) in [4.78, 5) is 18.8. The van der Waals surface area contributed by atoms with Crippen LogP contribution >= 0.6 is 0 Å². The largest absolute Gasteiger partial charge is 0.493 e. The number of methoxy groups -OCH3 is 2. The molecule has 0 bridgehead atoms. The van der Waals surface area contributed by atoms with E-state index in [1.807, 2.05) is 25.2 Å². The van der Waals surface area contributed by atoms with Crippen LogP contribution in [0.3, 0.4) is 0 Å². The molecule has 0 amide bonds. The lowest BCUT2D eigenvalue weighted by atomic mass is 10.1. The first-order chi connectivity index (χ1) is 10.2. The molecule has 21 heavy (non-hydrogen) atoms. The van der Waals surface area contributed by atoms with Crippen LogP contribution in [0.4, 0.5) is 0 Å². The van der Waals surface area contributed by atoms with Crippen molar-refractivity contribution < 1.29 is 9.47 Å². The van der Waals surface area contributed by atoms with Gasteiger partial charge in [-0.2, -0.15) is 0 Å². The van der Waals surface area contributed by atoms with Crippen LogP contribution in [0.15, 0.2) is 29.1 Å². The van der Waals surface area contributed by atoms with Crippen LogP contribution in [0, 0.1) is 0 Å². The van der Waals surface area contributed by atoms with E-state index in [4.69, 9.17) is 9.47 Å². The molecule has 6 heteroatoms. The minimum Gasteiger partial charge on any atom is -0.493 e. The second-order valence-electron chi connectivity index (χ2n) is 4.58. The Balaban J connectivity index is 2.27. The highest BCUT2D eigenvalue weighted by atomic mass is 16.5. The summed E-state index contributed by atoms with van der Waals surface area (Å²) < 4.78 is 10.5. The summed E-state index contributed by atoms with van der Waals surface area (Å²) in [6.07, 6.45) is 0.521. The number of H-pyrrole nitrogens is 1. The highest BCUT2D eigenvalue weighted by Crippen LogP contribution is 2.28. The topological polar surface area (TPSA) is 76.2 Å². The van der Waals surface area contributed by atoms with E-state index in [-0.39, 0.29) is 5.56 Å². The summed E-state index contributed by atoms with van der Waals surface area (Å²) in [5.74, 6) is 1.95. The van der Waals surface area contributed by atoms with Gasteiger partial charge >= 0.3 is 0 Å². The maximum absolute atomic E-state index is 11.6. The van der Waals surface area contributed by atoms with E-state index in [0.717, 1.165) is 11.3 Å². The predicted molar refractivity (Wildman–Crippen MR) is 80.0 cm³/mol. The van der Waals surface area contributed by atoms with Crippen LogP contribution in [0.25, 0.3) is 0 Å². The van der Waals surface area contributed by atoms with Crippen LogP contribution < -0.4 is 20.3 Å². The van der Waals surface area contributed by atoms with Crippen molar-refractivity contribution in [3.05, 3.63) is 51.7 Å². The Bertz CT molecular complexity index is 667. The third-order valence-electron chi connectivity index (χ3n) is 3.02. The van der Waals surface area contributed by atoms with Crippen molar-refractivity contribution in [2.75, 3.05) is 21.3 Å². The Kier molecular flexibility index (Phi) is 4.94. The lowest BCUT2D eigenvalue weighted by Crippen LogP contribution is -2.16. The summed E-state index contributed by atoms with van der Waals surface area (Å²) in [7, 11) is 5.00. The zero-order valence-electron chi connectivity index (χ0n) is 12.4. The fourth-order valence-electron chi connectivity index (χ4n) is 2.10. The van der Waals surface area contributed by atoms with Gasteiger partial charge in [-0.25, -0.2) is 4.98 Å². The maximum atomic E-state index is 11.6. The van der Waals surface area contributed by atoms with Crippen molar-refractivity contribution in [1.82, 2.24) is 15.3 Å². The lowest BCUT2D eigenvalue weighted by Gasteiger charge is -2.09. The minimum absolute atomic E-state index is 0.147. The van der Waals surface area contributed by atoms with Crippen LogP contribution in [0.5, 0.6) is 11.5 Å². The van der Waals surface area contributed by atoms with Crippen LogP contribution in [-0.4, -0.2) is 31.2 Å². The number of hydrogen-bond acceptors (Lipinski definition) is 5. The zero-order chi connectivity index (χ0) is 15.2. The van der Waals surface area contributed by atoms with Crippen LogP contribution in [-0.2, 0) is 13.0 Å². The van der Waals surface area contributed by atoms with Gasteiger partial charge in [-0.1, -0.05) is 6.07 Å². The molecule has 2 N–H and O–H groups in total. The van der Waals surface area contributed by atoms with E-state index < -0.39 is 0 Å². The highest BCUT2D eigenvalue weighted by Gasteiger charge is 2.07. The van der Waals surface area contributed by atoms with Gasteiger partial charge in [0.2, 0.25) is 0 Å². The molecule has 2 rings (SSSR count). The molecular weight excluding hydrogens is 270 g/mol. The van der Waals surface area contributed by atoms with Gasteiger partial charge in [0, 0.05) is 19.0 Å². The molecule has 1 aromatic heterocycles. The third-order valence-corrected chi connectivity index (χ3v) is 3.02. The van der Waals surface area contributed by atoms with Crippen molar-refractivity contribution in [2.45, 2.75) is 13.0 Å².